The normalized spacial score (nSPS) is 12.6. The maximum absolute atomic E-state index is 10.9. The fourth-order valence-corrected chi connectivity index (χ4v) is 1.15. The molecule has 0 rings (SSSR count). The summed E-state index contributed by atoms with van der Waals surface area (Å²) in [6.45, 7) is 3.55. The molecule has 0 heterocycles. The smallest absolute Gasteiger partial charge is 0.311 e. The Hall–Kier alpha value is -0.950. The fourth-order valence-electron chi connectivity index (χ4n) is 0.829. The number of hydrogen-bond acceptors (Lipinski definition) is 5. The van der Waals surface area contributed by atoms with E-state index < -0.39 is 21.8 Å². The molecular formula is C8H15NO5S. The van der Waals surface area contributed by atoms with Gasteiger partial charge >= 0.3 is 5.97 Å². The Labute approximate surface area is 89.1 Å². The van der Waals surface area contributed by atoms with E-state index in [1.54, 1.807) is 13.8 Å². The van der Waals surface area contributed by atoms with Crippen LogP contribution >= 0.6 is 0 Å². The average molecular weight is 237 g/mol. The van der Waals surface area contributed by atoms with Crippen LogP contribution < -0.4 is 0 Å². The lowest BCUT2D eigenvalue weighted by atomic mass is 10.3. The molecule has 0 aliphatic heterocycles. The summed E-state index contributed by atoms with van der Waals surface area (Å²) in [6.07, 6.45) is 0.0410. The molecule has 0 aliphatic carbocycles. The van der Waals surface area contributed by atoms with Crippen molar-refractivity contribution < 1.29 is 22.5 Å². The molecular weight excluding hydrogens is 222 g/mol. The van der Waals surface area contributed by atoms with Crippen LogP contribution in [0.15, 0.2) is 4.99 Å². The average Bonchev–Trinajstić information content (AvgIpc) is 2.01. The van der Waals surface area contributed by atoms with E-state index in [-0.39, 0.29) is 13.0 Å². The molecule has 0 atom stereocenters. The fraction of sp³-hybridized carbons (Fsp3) is 0.750. The highest BCUT2D eigenvalue weighted by Crippen LogP contribution is 1.92. The number of carbonyl (C=O) groups excluding carboxylic acids is 1. The number of nitrogens with zero attached hydrogens (tertiary/aromatic N) is 1. The Bertz CT molecular complexity index is 333. The van der Waals surface area contributed by atoms with Gasteiger partial charge in [0.1, 0.15) is 0 Å². The quantitative estimate of drug-likeness (QED) is 0.407. The molecule has 0 unspecified atom stereocenters. The Morgan fingerprint density at radius 1 is 1.47 bits per heavy atom. The van der Waals surface area contributed by atoms with Gasteiger partial charge in [0.15, 0.2) is 0 Å². The van der Waals surface area contributed by atoms with E-state index in [0.717, 1.165) is 0 Å². The highest BCUT2D eigenvalue weighted by molar-refractivity contribution is 7.85. The third kappa shape index (κ3) is 9.36. The van der Waals surface area contributed by atoms with Crippen molar-refractivity contribution in [3.05, 3.63) is 0 Å². The molecule has 0 aromatic heterocycles. The van der Waals surface area contributed by atoms with Gasteiger partial charge in [0.25, 0.3) is 10.1 Å². The van der Waals surface area contributed by atoms with Crippen molar-refractivity contribution in [2.24, 2.45) is 4.99 Å². The van der Waals surface area contributed by atoms with Crippen LogP contribution in [-0.4, -0.2) is 43.6 Å². The van der Waals surface area contributed by atoms with Gasteiger partial charge in [-0.3, -0.25) is 14.3 Å². The zero-order chi connectivity index (χ0) is 11.9. The van der Waals surface area contributed by atoms with Crippen molar-refractivity contribution in [2.45, 2.75) is 20.3 Å². The highest BCUT2D eigenvalue weighted by atomic mass is 32.2. The summed E-state index contributed by atoms with van der Waals surface area (Å²) in [5.41, 5.74) is 0.483. The Morgan fingerprint density at radius 3 is 2.53 bits per heavy atom. The van der Waals surface area contributed by atoms with Gasteiger partial charge in [0.05, 0.1) is 25.3 Å². The zero-order valence-corrected chi connectivity index (χ0v) is 9.58. The molecule has 88 valence electrons. The number of aliphatic imine (C=N–C) groups is 1. The SMILES string of the molecule is CCOC(=O)CC(C)=NCCS(=O)(=O)O. The lowest BCUT2D eigenvalue weighted by Crippen LogP contribution is -2.11. The van der Waals surface area contributed by atoms with Crippen LogP contribution in [0, 0.1) is 0 Å². The third-order valence-electron chi connectivity index (χ3n) is 1.44. The third-order valence-corrected chi connectivity index (χ3v) is 2.13. The molecule has 0 aromatic carbocycles. The predicted molar refractivity (Wildman–Crippen MR) is 55.6 cm³/mol. The highest BCUT2D eigenvalue weighted by Gasteiger charge is 2.05. The second-order valence-corrected chi connectivity index (χ2v) is 4.46. The molecule has 0 saturated carbocycles. The molecule has 0 radical (unpaired) electrons. The van der Waals surface area contributed by atoms with Crippen LogP contribution in [0.5, 0.6) is 0 Å². The molecule has 0 fully saturated rings. The molecule has 1 N–H and O–H groups in total. The van der Waals surface area contributed by atoms with Gasteiger partial charge in [0, 0.05) is 5.71 Å². The van der Waals surface area contributed by atoms with Gasteiger partial charge in [0.2, 0.25) is 0 Å². The summed E-state index contributed by atoms with van der Waals surface area (Å²) in [7, 11) is -3.98. The molecule has 0 amide bonds. The summed E-state index contributed by atoms with van der Waals surface area (Å²) in [5.74, 6) is -0.835. The number of hydrogen-bond donors (Lipinski definition) is 1. The summed E-state index contributed by atoms with van der Waals surface area (Å²) < 4.78 is 33.7. The van der Waals surface area contributed by atoms with Crippen molar-refractivity contribution in [2.75, 3.05) is 18.9 Å². The lowest BCUT2D eigenvalue weighted by molar-refractivity contribution is -0.141. The number of ether oxygens (including phenoxy) is 1. The molecule has 6 nitrogen and oxygen atoms in total. The van der Waals surface area contributed by atoms with Crippen LogP contribution in [0.3, 0.4) is 0 Å². The molecule has 0 aromatic rings. The molecule has 0 bridgehead atoms. The summed E-state index contributed by atoms with van der Waals surface area (Å²) in [4.78, 5) is 14.8. The van der Waals surface area contributed by atoms with Crippen LogP contribution in [0.1, 0.15) is 20.3 Å². The first-order chi connectivity index (χ1) is 6.85. The monoisotopic (exact) mass is 237 g/mol. The first-order valence-electron chi connectivity index (χ1n) is 4.46. The van der Waals surface area contributed by atoms with E-state index in [1.807, 2.05) is 0 Å². The van der Waals surface area contributed by atoms with Crippen LogP contribution in [0.25, 0.3) is 0 Å². The van der Waals surface area contributed by atoms with Crippen molar-refractivity contribution >= 4 is 21.8 Å². The number of rotatable bonds is 6. The summed E-state index contributed by atoms with van der Waals surface area (Å²) >= 11 is 0. The van der Waals surface area contributed by atoms with E-state index >= 15 is 0 Å². The van der Waals surface area contributed by atoms with Gasteiger partial charge in [-0.1, -0.05) is 0 Å². The molecule has 0 spiro atoms. The van der Waals surface area contributed by atoms with Crippen molar-refractivity contribution in [3.8, 4) is 0 Å². The maximum atomic E-state index is 10.9. The van der Waals surface area contributed by atoms with Crippen molar-refractivity contribution in [1.82, 2.24) is 0 Å². The molecule has 0 saturated heterocycles. The predicted octanol–water partition coefficient (Wildman–Crippen LogP) is 0.288. The van der Waals surface area contributed by atoms with E-state index in [9.17, 15) is 13.2 Å². The number of carbonyl (C=O) groups is 1. The van der Waals surface area contributed by atoms with E-state index in [2.05, 4.69) is 9.73 Å². The van der Waals surface area contributed by atoms with E-state index in [1.165, 1.54) is 0 Å². The van der Waals surface area contributed by atoms with Gasteiger partial charge in [-0.25, -0.2) is 0 Å². The summed E-state index contributed by atoms with van der Waals surface area (Å²) in [5, 5.41) is 0. The molecule has 7 heteroatoms. The minimum Gasteiger partial charge on any atom is -0.466 e. The lowest BCUT2D eigenvalue weighted by Gasteiger charge is -2.01. The van der Waals surface area contributed by atoms with E-state index in [0.29, 0.717) is 12.3 Å². The standard InChI is InChI=1S/C8H15NO5S/c1-3-14-8(10)6-7(2)9-4-5-15(11,12)13/h3-6H2,1-2H3,(H,11,12,13). The van der Waals surface area contributed by atoms with Gasteiger partial charge in [-0.2, -0.15) is 8.42 Å². The van der Waals surface area contributed by atoms with Crippen molar-refractivity contribution in [1.29, 1.82) is 0 Å². The van der Waals surface area contributed by atoms with Gasteiger partial charge in [-0.15, -0.1) is 0 Å². The second kappa shape index (κ2) is 6.52. The summed E-state index contributed by atoms with van der Waals surface area (Å²) in [6, 6.07) is 0. The minimum atomic E-state index is -3.98. The molecule has 15 heavy (non-hydrogen) atoms. The maximum Gasteiger partial charge on any atom is 0.311 e. The largest absolute Gasteiger partial charge is 0.466 e. The van der Waals surface area contributed by atoms with Gasteiger partial charge in [-0.05, 0) is 13.8 Å². The zero-order valence-electron chi connectivity index (χ0n) is 8.76. The van der Waals surface area contributed by atoms with Crippen LogP contribution in [-0.2, 0) is 19.6 Å². The molecule has 0 aliphatic rings. The Balaban J connectivity index is 3.95. The number of esters is 1. The van der Waals surface area contributed by atoms with Gasteiger partial charge < -0.3 is 4.74 Å². The first kappa shape index (κ1) is 14.1. The van der Waals surface area contributed by atoms with Crippen LogP contribution in [0.4, 0.5) is 0 Å². The van der Waals surface area contributed by atoms with Crippen LogP contribution in [0.2, 0.25) is 0 Å². The Morgan fingerprint density at radius 2 is 2.07 bits per heavy atom. The second-order valence-electron chi connectivity index (χ2n) is 2.88. The van der Waals surface area contributed by atoms with E-state index in [4.69, 9.17) is 4.55 Å². The first-order valence-corrected chi connectivity index (χ1v) is 6.06. The Kier molecular flexibility index (Phi) is 6.11. The minimum absolute atomic E-state index is 0.0410. The van der Waals surface area contributed by atoms with Crippen molar-refractivity contribution in [3.63, 3.8) is 0 Å². The topological polar surface area (TPSA) is 93.0 Å².